The van der Waals surface area contributed by atoms with Crippen LogP contribution in [0.1, 0.15) is 5.56 Å². The molecular formula is C13H11BrN4. The highest BCUT2D eigenvalue weighted by atomic mass is 79.9. The molecule has 0 atom stereocenters. The lowest BCUT2D eigenvalue weighted by molar-refractivity contribution is 1.05. The van der Waals surface area contributed by atoms with E-state index < -0.39 is 0 Å². The molecule has 0 spiro atoms. The minimum atomic E-state index is 0.510. The van der Waals surface area contributed by atoms with E-state index in [9.17, 15) is 0 Å². The van der Waals surface area contributed by atoms with Crippen LogP contribution in [0.5, 0.6) is 0 Å². The van der Waals surface area contributed by atoms with E-state index in [4.69, 9.17) is 5.73 Å². The lowest BCUT2D eigenvalue weighted by Gasteiger charge is -2.02. The lowest BCUT2D eigenvalue weighted by Crippen LogP contribution is -1.97. The molecular weight excluding hydrogens is 292 g/mol. The summed E-state index contributed by atoms with van der Waals surface area (Å²) in [6.45, 7) is 0.510. The zero-order valence-electron chi connectivity index (χ0n) is 9.55. The van der Waals surface area contributed by atoms with Crippen LogP contribution < -0.4 is 5.73 Å². The van der Waals surface area contributed by atoms with Gasteiger partial charge in [0.15, 0.2) is 11.5 Å². The van der Waals surface area contributed by atoms with Crippen molar-refractivity contribution >= 4 is 21.6 Å². The van der Waals surface area contributed by atoms with Gasteiger partial charge in [0.25, 0.3) is 0 Å². The van der Waals surface area contributed by atoms with Crippen LogP contribution >= 0.6 is 15.9 Å². The van der Waals surface area contributed by atoms with E-state index in [-0.39, 0.29) is 0 Å². The van der Waals surface area contributed by atoms with Gasteiger partial charge in [-0.1, -0.05) is 28.1 Å². The Balaban J connectivity index is 2.18. The summed E-state index contributed by atoms with van der Waals surface area (Å²) in [5, 5.41) is 8.41. The van der Waals surface area contributed by atoms with E-state index in [0.717, 1.165) is 27.1 Å². The average Bonchev–Trinajstić information content (AvgIpc) is 2.81. The molecule has 0 amide bonds. The molecule has 90 valence electrons. The van der Waals surface area contributed by atoms with Crippen LogP contribution in [0.15, 0.2) is 47.1 Å². The van der Waals surface area contributed by atoms with Crippen LogP contribution in [0, 0.1) is 0 Å². The number of halogens is 1. The molecule has 0 saturated heterocycles. The Bertz CT molecular complexity index is 705. The van der Waals surface area contributed by atoms with Gasteiger partial charge in [0, 0.05) is 22.8 Å². The maximum atomic E-state index is 5.61. The van der Waals surface area contributed by atoms with Crippen molar-refractivity contribution in [3.63, 3.8) is 0 Å². The normalized spacial score (nSPS) is 11.0. The highest BCUT2D eigenvalue weighted by Gasteiger charge is 2.08. The van der Waals surface area contributed by atoms with Gasteiger partial charge in [-0.2, -0.15) is 0 Å². The van der Waals surface area contributed by atoms with Gasteiger partial charge in [0.05, 0.1) is 0 Å². The van der Waals surface area contributed by atoms with Crippen LogP contribution in [0.25, 0.3) is 17.0 Å². The second-order valence-corrected chi connectivity index (χ2v) is 4.92. The molecule has 1 aromatic carbocycles. The van der Waals surface area contributed by atoms with Crippen molar-refractivity contribution in [1.82, 2.24) is 14.6 Å². The van der Waals surface area contributed by atoms with E-state index in [1.807, 2.05) is 47.0 Å². The smallest absolute Gasteiger partial charge is 0.168 e. The first-order valence-corrected chi connectivity index (χ1v) is 6.37. The summed E-state index contributed by atoms with van der Waals surface area (Å²) in [6, 6.07) is 11.9. The SMILES string of the molecule is NCc1ccn2c(-c3cccc(Br)c3)nnc2c1. The molecule has 0 bridgehead atoms. The minimum Gasteiger partial charge on any atom is -0.326 e. The topological polar surface area (TPSA) is 56.2 Å². The Kier molecular flexibility index (Phi) is 2.85. The molecule has 5 heteroatoms. The van der Waals surface area contributed by atoms with Crippen LogP contribution in [-0.2, 0) is 6.54 Å². The van der Waals surface area contributed by atoms with Crippen molar-refractivity contribution in [2.45, 2.75) is 6.54 Å². The molecule has 0 aliphatic carbocycles. The molecule has 18 heavy (non-hydrogen) atoms. The van der Waals surface area contributed by atoms with Crippen molar-refractivity contribution in [2.24, 2.45) is 5.73 Å². The maximum absolute atomic E-state index is 5.61. The van der Waals surface area contributed by atoms with Crippen LogP contribution in [0.2, 0.25) is 0 Å². The fourth-order valence-corrected chi connectivity index (χ4v) is 2.28. The molecule has 3 aromatic rings. The first kappa shape index (κ1) is 11.4. The van der Waals surface area contributed by atoms with Crippen molar-refractivity contribution in [1.29, 1.82) is 0 Å². The summed E-state index contributed by atoms with van der Waals surface area (Å²) in [5.41, 5.74) is 8.50. The van der Waals surface area contributed by atoms with E-state index in [0.29, 0.717) is 6.54 Å². The molecule has 3 rings (SSSR count). The first-order valence-electron chi connectivity index (χ1n) is 5.57. The van der Waals surface area contributed by atoms with Crippen LogP contribution in [-0.4, -0.2) is 14.6 Å². The number of hydrogen-bond donors (Lipinski definition) is 1. The number of rotatable bonds is 2. The molecule has 0 aliphatic rings. The highest BCUT2D eigenvalue weighted by molar-refractivity contribution is 9.10. The van der Waals surface area contributed by atoms with Crippen molar-refractivity contribution in [3.8, 4) is 11.4 Å². The fraction of sp³-hybridized carbons (Fsp3) is 0.0769. The standard InChI is InChI=1S/C13H11BrN4/c14-11-3-1-2-10(7-11)13-17-16-12-6-9(8-15)4-5-18(12)13/h1-7H,8,15H2. The molecule has 4 nitrogen and oxygen atoms in total. The second-order valence-electron chi connectivity index (χ2n) is 4.00. The Morgan fingerprint density at radius 3 is 2.83 bits per heavy atom. The van der Waals surface area contributed by atoms with Crippen LogP contribution in [0.4, 0.5) is 0 Å². The monoisotopic (exact) mass is 302 g/mol. The molecule has 2 heterocycles. The van der Waals surface area contributed by atoms with Crippen molar-refractivity contribution < 1.29 is 0 Å². The molecule has 0 aliphatic heterocycles. The summed E-state index contributed by atoms with van der Waals surface area (Å²) in [5.74, 6) is 0.829. The molecule has 2 aromatic heterocycles. The molecule has 0 unspecified atom stereocenters. The van der Waals surface area contributed by atoms with Gasteiger partial charge in [-0.3, -0.25) is 4.40 Å². The van der Waals surface area contributed by atoms with Gasteiger partial charge in [-0.05, 0) is 29.8 Å². The largest absolute Gasteiger partial charge is 0.326 e. The third-order valence-electron chi connectivity index (χ3n) is 2.79. The Labute approximate surface area is 113 Å². The van der Waals surface area contributed by atoms with Crippen molar-refractivity contribution in [3.05, 3.63) is 52.6 Å². The predicted octanol–water partition coefficient (Wildman–Crippen LogP) is 2.62. The third kappa shape index (κ3) is 1.91. The van der Waals surface area contributed by atoms with Gasteiger partial charge in [-0.15, -0.1) is 10.2 Å². The summed E-state index contributed by atoms with van der Waals surface area (Å²) in [4.78, 5) is 0. The summed E-state index contributed by atoms with van der Waals surface area (Å²) < 4.78 is 2.98. The number of nitrogens with zero attached hydrogens (tertiary/aromatic N) is 3. The second kappa shape index (κ2) is 4.51. The Morgan fingerprint density at radius 1 is 1.17 bits per heavy atom. The molecule has 0 saturated carbocycles. The number of hydrogen-bond acceptors (Lipinski definition) is 3. The molecule has 0 radical (unpaired) electrons. The minimum absolute atomic E-state index is 0.510. The van der Waals surface area contributed by atoms with Gasteiger partial charge < -0.3 is 5.73 Å². The van der Waals surface area contributed by atoms with Gasteiger partial charge in [-0.25, -0.2) is 0 Å². The predicted molar refractivity (Wildman–Crippen MR) is 74.0 cm³/mol. The number of benzene rings is 1. The molecule has 2 N–H and O–H groups in total. The van der Waals surface area contributed by atoms with Gasteiger partial charge in [0.1, 0.15) is 0 Å². The summed E-state index contributed by atoms with van der Waals surface area (Å²) in [7, 11) is 0. The summed E-state index contributed by atoms with van der Waals surface area (Å²) in [6.07, 6.45) is 1.95. The average molecular weight is 303 g/mol. The number of pyridine rings is 1. The Hall–Kier alpha value is -1.72. The van der Waals surface area contributed by atoms with E-state index in [2.05, 4.69) is 26.1 Å². The van der Waals surface area contributed by atoms with Gasteiger partial charge >= 0.3 is 0 Å². The highest BCUT2D eigenvalue weighted by Crippen LogP contribution is 2.22. The lowest BCUT2D eigenvalue weighted by atomic mass is 10.2. The quantitative estimate of drug-likeness (QED) is 0.792. The number of fused-ring (bicyclic) bond motifs is 1. The van der Waals surface area contributed by atoms with Crippen LogP contribution in [0.3, 0.4) is 0 Å². The zero-order valence-corrected chi connectivity index (χ0v) is 11.1. The summed E-state index contributed by atoms with van der Waals surface area (Å²) >= 11 is 3.46. The van der Waals surface area contributed by atoms with E-state index in [1.165, 1.54) is 0 Å². The fourth-order valence-electron chi connectivity index (χ4n) is 1.88. The van der Waals surface area contributed by atoms with Gasteiger partial charge in [0.2, 0.25) is 0 Å². The third-order valence-corrected chi connectivity index (χ3v) is 3.29. The van der Waals surface area contributed by atoms with Crippen molar-refractivity contribution in [2.75, 3.05) is 0 Å². The zero-order chi connectivity index (χ0) is 12.5. The van der Waals surface area contributed by atoms with E-state index in [1.54, 1.807) is 0 Å². The maximum Gasteiger partial charge on any atom is 0.168 e. The Morgan fingerprint density at radius 2 is 2.06 bits per heavy atom. The first-order chi connectivity index (χ1) is 8.78. The molecule has 0 fully saturated rings. The number of nitrogens with two attached hydrogens (primary N) is 1. The number of aromatic nitrogens is 3. The van der Waals surface area contributed by atoms with E-state index >= 15 is 0 Å².